The maximum Gasteiger partial charge on any atom is 0.523 e. The second-order valence-corrected chi connectivity index (χ2v) is 9.50. The summed E-state index contributed by atoms with van der Waals surface area (Å²) >= 11 is 0. The molecule has 22 heteroatoms. The summed E-state index contributed by atoms with van der Waals surface area (Å²) < 4.78 is 153. The van der Waals surface area contributed by atoms with Gasteiger partial charge in [-0.15, -0.1) is 12.4 Å². The number of ether oxygens (including phenoxy) is 7. The highest BCUT2D eigenvalue weighted by atomic mass is 35.5. The van der Waals surface area contributed by atoms with E-state index in [0.717, 1.165) is 0 Å². The molecule has 0 saturated heterocycles. The van der Waals surface area contributed by atoms with Crippen LogP contribution in [0.3, 0.4) is 0 Å². The molecule has 0 amide bonds. The molecule has 0 heterocycles. The maximum absolute atomic E-state index is 11.8. The molecule has 0 aromatic heterocycles. The lowest BCUT2D eigenvalue weighted by Crippen LogP contribution is -2.27. The van der Waals surface area contributed by atoms with Gasteiger partial charge in [-0.25, -0.2) is 0 Å². The third-order valence-electron chi connectivity index (χ3n) is 3.11. The van der Waals surface area contributed by atoms with Crippen LogP contribution in [0, 0.1) is 0 Å². The molecule has 0 spiro atoms. The minimum atomic E-state index is -5.71. The molecule has 0 bridgehead atoms. The number of rotatable bonds is 20. The van der Waals surface area contributed by atoms with Gasteiger partial charge in [0.05, 0.1) is 79.3 Å². The van der Waals surface area contributed by atoms with E-state index in [9.17, 15) is 43.2 Å². The molecule has 40 heavy (non-hydrogen) atoms. The van der Waals surface area contributed by atoms with E-state index in [0.29, 0.717) is 39.6 Å². The Morgan fingerprint density at radius 2 is 0.650 bits per heavy atom. The van der Waals surface area contributed by atoms with Crippen LogP contribution in [0.5, 0.6) is 0 Å². The Hall–Kier alpha value is -0.590. The van der Waals surface area contributed by atoms with Gasteiger partial charge >= 0.3 is 31.3 Å². The van der Waals surface area contributed by atoms with Gasteiger partial charge in [0.25, 0.3) is 0 Å². The zero-order chi connectivity index (χ0) is 30.8. The first-order valence-electron chi connectivity index (χ1n) is 10.6. The van der Waals surface area contributed by atoms with Crippen LogP contribution in [0.25, 0.3) is 0 Å². The number of halogens is 7. The number of hydrogen-bond acceptors (Lipinski definition) is 13. The molecule has 0 saturated carbocycles. The highest BCUT2D eigenvalue weighted by Gasteiger charge is 2.47. The molecule has 248 valence electrons. The van der Waals surface area contributed by atoms with Crippen molar-refractivity contribution in [1.82, 2.24) is 0 Å². The highest BCUT2D eigenvalue weighted by Crippen LogP contribution is 2.25. The largest absolute Gasteiger partial charge is 0.523 e. The minimum Gasteiger partial charge on any atom is -0.388 e. The van der Waals surface area contributed by atoms with Crippen molar-refractivity contribution in [3.8, 4) is 0 Å². The van der Waals surface area contributed by atoms with Gasteiger partial charge < -0.3 is 33.2 Å². The second kappa shape index (κ2) is 27.3. The van der Waals surface area contributed by atoms with Crippen molar-refractivity contribution in [2.24, 2.45) is 0 Å². The first kappa shape index (κ1) is 46.4. The Kier molecular flexibility index (Phi) is 31.6. The number of alkyl halides is 6. The van der Waals surface area contributed by atoms with Gasteiger partial charge in [0.15, 0.2) is 0 Å². The summed E-state index contributed by atoms with van der Waals surface area (Å²) in [4.78, 5) is 0. The molecule has 0 radical (unpaired) electrons. The predicted octanol–water partition coefficient (Wildman–Crippen LogP) is 1.75. The fourth-order valence-electron chi connectivity index (χ4n) is 1.47. The lowest BCUT2D eigenvalue weighted by molar-refractivity contribution is -0.0574. The van der Waals surface area contributed by atoms with Crippen molar-refractivity contribution in [3.63, 3.8) is 0 Å². The lowest BCUT2D eigenvalue weighted by Gasteiger charge is -2.09. The Morgan fingerprint density at radius 3 is 0.850 bits per heavy atom. The SMILES string of the molecule is COC.COCCOCCOCCOC.Cl.O=S(=O)(OCCOCCOCCOS(=O)(=O)C(F)(F)F)C(F)(F)F. The quantitative estimate of drug-likeness (QED) is 0.0799. The standard InChI is InChI=1S/C8H12F6O8S2.C8H18O4.C2H6O.ClH/c9-7(10,11)23(15,16)21-5-3-19-1-2-20-4-6-22-24(17,18)8(12,13)14;1-9-3-5-11-7-8-12-6-4-10-2;1-3-2;/h1-6H2;3-8H2,1-2H3;1-2H3;1H. The third kappa shape index (κ3) is 28.9. The van der Waals surface area contributed by atoms with E-state index in [-0.39, 0.29) is 25.6 Å². The number of methoxy groups -OCH3 is 3. The van der Waals surface area contributed by atoms with Crippen molar-refractivity contribution in [3.05, 3.63) is 0 Å². The summed E-state index contributed by atoms with van der Waals surface area (Å²) in [7, 11) is -4.86. The van der Waals surface area contributed by atoms with Crippen LogP contribution in [0.4, 0.5) is 26.3 Å². The first-order valence-corrected chi connectivity index (χ1v) is 13.5. The molecule has 0 aliphatic heterocycles. The molecule has 0 fully saturated rings. The van der Waals surface area contributed by atoms with Crippen LogP contribution in [0.2, 0.25) is 0 Å². The van der Waals surface area contributed by atoms with Gasteiger partial charge in [0.2, 0.25) is 0 Å². The van der Waals surface area contributed by atoms with Crippen molar-refractivity contribution in [2.75, 3.05) is 108 Å². The smallest absolute Gasteiger partial charge is 0.388 e. The topological polar surface area (TPSA) is 151 Å². The van der Waals surface area contributed by atoms with Gasteiger partial charge in [-0.05, 0) is 0 Å². The zero-order valence-corrected chi connectivity index (χ0v) is 24.7. The summed E-state index contributed by atoms with van der Waals surface area (Å²) in [6.45, 7) is 0.367. The van der Waals surface area contributed by atoms with Gasteiger partial charge in [-0.1, -0.05) is 0 Å². The van der Waals surface area contributed by atoms with Crippen LogP contribution in [-0.4, -0.2) is 136 Å². The normalized spacial score (nSPS) is 12.1. The average Bonchev–Trinajstić information content (AvgIpc) is 2.81. The van der Waals surface area contributed by atoms with E-state index < -0.39 is 57.7 Å². The molecule has 0 aromatic carbocycles. The Morgan fingerprint density at radius 1 is 0.450 bits per heavy atom. The van der Waals surface area contributed by atoms with E-state index in [1.165, 1.54) is 0 Å². The van der Waals surface area contributed by atoms with E-state index >= 15 is 0 Å². The van der Waals surface area contributed by atoms with Crippen molar-refractivity contribution < 1.29 is 84.7 Å². The molecule has 13 nitrogen and oxygen atoms in total. The molecule has 0 aromatic rings. The van der Waals surface area contributed by atoms with Crippen LogP contribution >= 0.6 is 12.4 Å². The fraction of sp³-hybridized carbons (Fsp3) is 1.00. The molecule has 0 rings (SSSR count). The van der Waals surface area contributed by atoms with Crippen molar-refractivity contribution in [2.45, 2.75) is 11.0 Å². The molecular formula is C18H37ClF6O13S2. The van der Waals surface area contributed by atoms with Crippen LogP contribution in [-0.2, 0) is 61.8 Å². The van der Waals surface area contributed by atoms with E-state index in [1.54, 1.807) is 28.4 Å². The lowest BCUT2D eigenvalue weighted by atomic mass is 10.7. The van der Waals surface area contributed by atoms with E-state index in [2.05, 4.69) is 22.6 Å². The molecule has 0 N–H and O–H groups in total. The summed E-state index contributed by atoms with van der Waals surface area (Å²) in [6, 6.07) is 0. The average molecular weight is 675 g/mol. The van der Waals surface area contributed by atoms with Crippen LogP contribution < -0.4 is 0 Å². The van der Waals surface area contributed by atoms with Crippen molar-refractivity contribution >= 4 is 32.6 Å². The zero-order valence-electron chi connectivity index (χ0n) is 22.3. The fourth-order valence-corrected chi connectivity index (χ4v) is 2.31. The third-order valence-corrected chi connectivity index (χ3v) is 5.19. The maximum atomic E-state index is 11.8. The molecule has 0 unspecified atom stereocenters. The molecule has 0 aliphatic carbocycles. The Balaban J connectivity index is -0.000000339. The van der Waals surface area contributed by atoms with Crippen LogP contribution in [0.1, 0.15) is 0 Å². The molecular weight excluding hydrogens is 638 g/mol. The Bertz CT molecular complexity index is 692. The van der Waals surface area contributed by atoms with Crippen molar-refractivity contribution in [1.29, 1.82) is 0 Å². The predicted molar refractivity (Wildman–Crippen MR) is 129 cm³/mol. The summed E-state index contributed by atoms with van der Waals surface area (Å²) in [5.41, 5.74) is -11.1. The summed E-state index contributed by atoms with van der Waals surface area (Å²) in [5.74, 6) is 0. The summed E-state index contributed by atoms with van der Waals surface area (Å²) in [6.07, 6.45) is 0. The van der Waals surface area contributed by atoms with E-state index in [4.69, 9.17) is 18.9 Å². The van der Waals surface area contributed by atoms with E-state index in [1.807, 2.05) is 0 Å². The monoisotopic (exact) mass is 674 g/mol. The van der Waals surface area contributed by atoms with Gasteiger partial charge in [-0.3, -0.25) is 8.37 Å². The summed E-state index contributed by atoms with van der Waals surface area (Å²) in [5, 5.41) is 0. The minimum absolute atomic E-state index is 0. The number of hydrogen-bond donors (Lipinski definition) is 0. The Labute approximate surface area is 236 Å². The van der Waals surface area contributed by atoms with Crippen LogP contribution in [0.15, 0.2) is 0 Å². The van der Waals surface area contributed by atoms with Gasteiger partial charge in [0.1, 0.15) is 0 Å². The first-order chi connectivity index (χ1) is 18.0. The van der Waals surface area contributed by atoms with Gasteiger partial charge in [0, 0.05) is 28.4 Å². The highest BCUT2D eigenvalue weighted by molar-refractivity contribution is 7.87. The second-order valence-electron chi connectivity index (χ2n) is 6.29. The van der Waals surface area contributed by atoms with Gasteiger partial charge in [-0.2, -0.15) is 43.2 Å². The molecule has 0 atom stereocenters. The molecule has 0 aliphatic rings.